The Hall–Kier alpha value is -1.13. The smallest absolute Gasteiger partial charge is 0.255 e. The summed E-state index contributed by atoms with van der Waals surface area (Å²) in [6.07, 6.45) is 0. The van der Waals surface area contributed by atoms with Crippen LogP contribution in [0.1, 0.15) is 21.5 Å². The van der Waals surface area contributed by atoms with Crippen LogP contribution in [0.3, 0.4) is 0 Å². The lowest BCUT2D eigenvalue weighted by Gasteiger charge is -2.10. The van der Waals surface area contributed by atoms with Gasteiger partial charge in [-0.15, -0.1) is 0 Å². The third-order valence-corrected chi connectivity index (χ3v) is 3.99. The first-order chi connectivity index (χ1) is 8.97. The van der Waals surface area contributed by atoms with Crippen LogP contribution in [-0.4, -0.2) is 5.91 Å². The summed E-state index contributed by atoms with van der Waals surface area (Å²) < 4.78 is 1.85. The normalized spacial score (nSPS) is 10.3. The van der Waals surface area contributed by atoms with Crippen LogP contribution in [0.4, 0.5) is 5.69 Å². The van der Waals surface area contributed by atoms with Crippen LogP contribution in [0.2, 0.25) is 0 Å². The Balaban J connectivity index is 2.28. The van der Waals surface area contributed by atoms with Crippen molar-refractivity contribution in [2.45, 2.75) is 13.8 Å². The van der Waals surface area contributed by atoms with E-state index in [1.54, 1.807) is 0 Å². The molecule has 0 heterocycles. The van der Waals surface area contributed by atoms with Crippen molar-refractivity contribution in [3.05, 3.63) is 62.0 Å². The second-order valence-electron chi connectivity index (χ2n) is 4.40. The van der Waals surface area contributed by atoms with Crippen molar-refractivity contribution in [1.29, 1.82) is 0 Å². The summed E-state index contributed by atoms with van der Waals surface area (Å²) in [5.74, 6) is -0.101. The number of carbonyl (C=O) groups is 1. The first-order valence-corrected chi connectivity index (χ1v) is 7.39. The summed E-state index contributed by atoms with van der Waals surface area (Å²) in [5.41, 5.74) is 3.51. The molecule has 0 radical (unpaired) electrons. The number of nitrogens with one attached hydrogen (secondary N) is 1. The molecule has 0 bridgehead atoms. The number of rotatable bonds is 2. The van der Waals surface area contributed by atoms with E-state index in [1.807, 2.05) is 50.2 Å². The maximum Gasteiger partial charge on any atom is 0.255 e. The second kappa shape index (κ2) is 5.88. The van der Waals surface area contributed by atoms with Crippen molar-refractivity contribution in [3.8, 4) is 0 Å². The molecule has 0 atom stereocenters. The van der Waals surface area contributed by atoms with E-state index < -0.39 is 0 Å². The number of hydrogen-bond donors (Lipinski definition) is 1. The molecule has 98 valence electrons. The van der Waals surface area contributed by atoms with Crippen molar-refractivity contribution < 1.29 is 4.79 Å². The van der Waals surface area contributed by atoms with Crippen molar-refractivity contribution in [3.63, 3.8) is 0 Å². The Kier molecular flexibility index (Phi) is 4.42. The zero-order chi connectivity index (χ0) is 14.0. The van der Waals surface area contributed by atoms with Gasteiger partial charge in [0.25, 0.3) is 5.91 Å². The molecule has 4 heteroatoms. The lowest BCUT2D eigenvalue weighted by Crippen LogP contribution is -2.13. The number of benzene rings is 2. The number of carbonyl (C=O) groups excluding carboxylic acids is 1. The van der Waals surface area contributed by atoms with Gasteiger partial charge in [-0.2, -0.15) is 0 Å². The fraction of sp³-hybridized carbons (Fsp3) is 0.133. The van der Waals surface area contributed by atoms with Crippen molar-refractivity contribution >= 4 is 43.5 Å². The number of hydrogen-bond acceptors (Lipinski definition) is 1. The molecule has 1 amide bonds. The Labute approximate surface area is 129 Å². The fourth-order valence-corrected chi connectivity index (χ4v) is 2.63. The van der Waals surface area contributed by atoms with Gasteiger partial charge >= 0.3 is 0 Å². The van der Waals surface area contributed by atoms with Crippen molar-refractivity contribution in [2.24, 2.45) is 0 Å². The number of amides is 1. The average Bonchev–Trinajstić information content (AvgIpc) is 2.33. The molecule has 0 saturated carbocycles. The summed E-state index contributed by atoms with van der Waals surface area (Å²) >= 11 is 6.83. The Morgan fingerprint density at radius 1 is 1.05 bits per heavy atom. The second-order valence-corrected chi connectivity index (χ2v) is 6.17. The highest BCUT2D eigenvalue weighted by Gasteiger charge is 2.11. The first kappa shape index (κ1) is 14.3. The minimum Gasteiger partial charge on any atom is -0.321 e. The highest BCUT2D eigenvalue weighted by Crippen LogP contribution is 2.24. The Bertz CT molecular complexity index is 638. The highest BCUT2D eigenvalue weighted by atomic mass is 79.9. The minimum absolute atomic E-state index is 0.101. The predicted molar refractivity (Wildman–Crippen MR) is 85.7 cm³/mol. The van der Waals surface area contributed by atoms with E-state index in [2.05, 4.69) is 37.2 Å². The maximum absolute atomic E-state index is 12.3. The van der Waals surface area contributed by atoms with Gasteiger partial charge in [-0.05, 0) is 71.2 Å². The maximum atomic E-state index is 12.3. The molecule has 0 aliphatic rings. The molecule has 2 nitrogen and oxygen atoms in total. The first-order valence-electron chi connectivity index (χ1n) is 5.81. The third kappa shape index (κ3) is 3.45. The molecular formula is C15H13Br2NO. The van der Waals surface area contributed by atoms with Crippen molar-refractivity contribution in [1.82, 2.24) is 0 Å². The highest BCUT2D eigenvalue weighted by molar-refractivity contribution is 9.10. The van der Waals surface area contributed by atoms with E-state index >= 15 is 0 Å². The van der Waals surface area contributed by atoms with E-state index in [-0.39, 0.29) is 5.91 Å². The Morgan fingerprint density at radius 3 is 2.47 bits per heavy atom. The summed E-state index contributed by atoms with van der Waals surface area (Å²) in [7, 11) is 0. The summed E-state index contributed by atoms with van der Waals surface area (Å²) in [4.78, 5) is 12.3. The monoisotopic (exact) mass is 381 g/mol. The molecule has 2 rings (SSSR count). The van der Waals surface area contributed by atoms with Gasteiger partial charge < -0.3 is 5.32 Å². The van der Waals surface area contributed by atoms with Gasteiger partial charge in [0.15, 0.2) is 0 Å². The molecule has 0 aliphatic heterocycles. The minimum atomic E-state index is -0.101. The van der Waals surface area contributed by atoms with Crippen LogP contribution in [0.25, 0.3) is 0 Å². The van der Waals surface area contributed by atoms with Crippen molar-refractivity contribution in [2.75, 3.05) is 5.32 Å². The molecule has 0 aliphatic carbocycles. The molecule has 0 aromatic heterocycles. The van der Waals surface area contributed by atoms with Gasteiger partial charge in [0.05, 0.1) is 5.69 Å². The Morgan fingerprint density at radius 2 is 1.79 bits per heavy atom. The zero-order valence-corrected chi connectivity index (χ0v) is 13.8. The zero-order valence-electron chi connectivity index (χ0n) is 10.6. The quantitative estimate of drug-likeness (QED) is 0.770. The molecule has 2 aromatic carbocycles. The van der Waals surface area contributed by atoms with Crippen LogP contribution in [0, 0.1) is 13.8 Å². The SMILES string of the molecule is Cc1ccc(Br)c(NC(=O)c2ccc(Br)cc2C)c1. The van der Waals surface area contributed by atoms with E-state index in [0.29, 0.717) is 5.56 Å². The number of halogens is 2. The molecule has 0 spiro atoms. The topological polar surface area (TPSA) is 29.1 Å². The van der Waals surface area contributed by atoms with E-state index in [9.17, 15) is 4.79 Å². The van der Waals surface area contributed by atoms with E-state index in [4.69, 9.17) is 0 Å². The van der Waals surface area contributed by atoms with Crippen LogP contribution in [0.5, 0.6) is 0 Å². The lowest BCUT2D eigenvalue weighted by atomic mass is 10.1. The van der Waals surface area contributed by atoms with E-state index in [1.165, 1.54) is 0 Å². The van der Waals surface area contributed by atoms with E-state index in [0.717, 1.165) is 25.8 Å². The molecule has 2 aromatic rings. The van der Waals surface area contributed by atoms with Gasteiger partial charge in [-0.25, -0.2) is 0 Å². The van der Waals surface area contributed by atoms with Gasteiger partial charge in [0, 0.05) is 14.5 Å². The standard InChI is InChI=1S/C15H13Br2NO/c1-9-3-6-13(17)14(7-9)18-15(19)12-5-4-11(16)8-10(12)2/h3-8H,1-2H3,(H,18,19). The fourth-order valence-electron chi connectivity index (χ4n) is 1.81. The molecule has 0 unspecified atom stereocenters. The van der Waals surface area contributed by atoms with Gasteiger partial charge in [-0.3, -0.25) is 4.79 Å². The molecule has 19 heavy (non-hydrogen) atoms. The van der Waals surface area contributed by atoms with Crippen LogP contribution in [0.15, 0.2) is 45.3 Å². The van der Waals surface area contributed by atoms with Crippen LogP contribution < -0.4 is 5.32 Å². The van der Waals surface area contributed by atoms with Crippen LogP contribution in [-0.2, 0) is 0 Å². The van der Waals surface area contributed by atoms with Crippen LogP contribution >= 0.6 is 31.9 Å². The molecule has 1 N–H and O–H groups in total. The van der Waals surface area contributed by atoms with Gasteiger partial charge in [0.1, 0.15) is 0 Å². The predicted octanol–water partition coefficient (Wildman–Crippen LogP) is 5.08. The molecular weight excluding hydrogens is 370 g/mol. The summed E-state index contributed by atoms with van der Waals surface area (Å²) in [6, 6.07) is 11.5. The summed E-state index contributed by atoms with van der Waals surface area (Å²) in [5, 5.41) is 2.93. The average molecular weight is 383 g/mol. The van der Waals surface area contributed by atoms with Gasteiger partial charge in [0.2, 0.25) is 0 Å². The van der Waals surface area contributed by atoms with Gasteiger partial charge in [-0.1, -0.05) is 22.0 Å². The number of anilines is 1. The number of aryl methyl sites for hydroxylation is 2. The molecule has 0 fully saturated rings. The largest absolute Gasteiger partial charge is 0.321 e. The third-order valence-electron chi connectivity index (χ3n) is 2.80. The summed E-state index contributed by atoms with van der Waals surface area (Å²) in [6.45, 7) is 3.91. The lowest BCUT2D eigenvalue weighted by molar-refractivity contribution is 0.102. The molecule has 0 saturated heterocycles.